The molecule has 0 aliphatic carbocycles. The Kier molecular flexibility index (Phi) is 3.84. The fourth-order valence-corrected chi connectivity index (χ4v) is 3.19. The molecule has 5 heteroatoms. The van der Waals surface area contributed by atoms with Crippen molar-refractivity contribution < 1.29 is 4.74 Å². The Morgan fingerprint density at radius 1 is 1.42 bits per heavy atom. The van der Waals surface area contributed by atoms with Gasteiger partial charge in [0, 0.05) is 12.4 Å². The minimum absolute atomic E-state index is 0.0646. The summed E-state index contributed by atoms with van der Waals surface area (Å²) in [5.74, 6) is 0.923. The maximum Gasteiger partial charge on any atom is 0.259 e. The van der Waals surface area contributed by atoms with Crippen molar-refractivity contribution in [2.24, 2.45) is 0 Å². The number of nitrogens with zero attached hydrogens (tertiary/aromatic N) is 1. The van der Waals surface area contributed by atoms with Gasteiger partial charge in [-0.25, -0.2) is 4.98 Å². The van der Waals surface area contributed by atoms with Crippen molar-refractivity contribution in [3.8, 4) is 0 Å². The first kappa shape index (κ1) is 12.7. The highest BCUT2D eigenvalue weighted by Gasteiger charge is 2.15. The number of thioether (sulfide) groups is 1. The lowest BCUT2D eigenvalue weighted by atomic mass is 10.2. The zero-order valence-corrected chi connectivity index (χ0v) is 11.4. The molecular weight excluding hydrogens is 260 g/mol. The molecule has 100 valence electrons. The van der Waals surface area contributed by atoms with Gasteiger partial charge in [0.25, 0.3) is 5.56 Å². The number of hydrogen-bond donors (Lipinski definition) is 1. The first-order chi connectivity index (χ1) is 9.33. The van der Waals surface area contributed by atoms with Crippen LogP contribution in [0.15, 0.2) is 34.2 Å². The monoisotopic (exact) mass is 276 g/mol. The summed E-state index contributed by atoms with van der Waals surface area (Å²) >= 11 is 1.59. The van der Waals surface area contributed by atoms with E-state index in [-0.39, 0.29) is 5.56 Å². The molecule has 1 aromatic heterocycles. The number of nitrogens with one attached hydrogen (secondary N) is 1. The van der Waals surface area contributed by atoms with E-state index in [4.69, 9.17) is 4.74 Å². The lowest BCUT2D eigenvalue weighted by Crippen LogP contribution is -2.10. The van der Waals surface area contributed by atoms with Gasteiger partial charge in [-0.15, -0.1) is 0 Å². The molecule has 0 amide bonds. The number of ether oxygens (including phenoxy) is 1. The molecule has 0 bridgehead atoms. The van der Waals surface area contributed by atoms with E-state index >= 15 is 0 Å². The molecule has 1 aromatic carbocycles. The molecule has 1 aliphatic rings. The van der Waals surface area contributed by atoms with Crippen LogP contribution in [0.2, 0.25) is 0 Å². The highest BCUT2D eigenvalue weighted by molar-refractivity contribution is 7.99. The Balaban J connectivity index is 1.69. The van der Waals surface area contributed by atoms with Crippen LogP contribution < -0.4 is 5.56 Å². The maximum absolute atomic E-state index is 11.9. The van der Waals surface area contributed by atoms with E-state index in [0.717, 1.165) is 30.7 Å². The van der Waals surface area contributed by atoms with Crippen molar-refractivity contribution in [3.63, 3.8) is 0 Å². The molecule has 0 spiro atoms. The number of aromatic amines is 1. The van der Waals surface area contributed by atoms with Gasteiger partial charge in [0.15, 0.2) is 5.16 Å². The van der Waals surface area contributed by atoms with E-state index in [1.807, 2.05) is 18.2 Å². The lowest BCUT2D eigenvalue weighted by molar-refractivity contribution is 0.109. The molecule has 1 fully saturated rings. The van der Waals surface area contributed by atoms with Crippen molar-refractivity contribution in [3.05, 3.63) is 34.6 Å². The second kappa shape index (κ2) is 5.75. The zero-order chi connectivity index (χ0) is 13.1. The average molecular weight is 276 g/mol. The summed E-state index contributed by atoms with van der Waals surface area (Å²) < 4.78 is 5.58. The molecule has 4 nitrogen and oxygen atoms in total. The summed E-state index contributed by atoms with van der Waals surface area (Å²) in [5.41, 5.74) is 0.691. The van der Waals surface area contributed by atoms with Gasteiger partial charge in [-0.3, -0.25) is 4.79 Å². The Labute approximate surface area is 115 Å². The van der Waals surface area contributed by atoms with E-state index in [1.54, 1.807) is 17.8 Å². The van der Waals surface area contributed by atoms with Crippen molar-refractivity contribution in [1.29, 1.82) is 0 Å². The minimum atomic E-state index is -0.0646. The summed E-state index contributed by atoms with van der Waals surface area (Å²) in [7, 11) is 0. The third-order valence-corrected chi connectivity index (χ3v) is 4.20. The van der Waals surface area contributed by atoms with E-state index in [0.29, 0.717) is 16.6 Å². The van der Waals surface area contributed by atoms with E-state index in [1.165, 1.54) is 6.42 Å². The third kappa shape index (κ3) is 2.98. The summed E-state index contributed by atoms with van der Waals surface area (Å²) in [6.07, 6.45) is 3.73. The van der Waals surface area contributed by atoms with Gasteiger partial charge in [0.1, 0.15) is 0 Å². The number of fused-ring (bicyclic) bond motifs is 1. The van der Waals surface area contributed by atoms with Gasteiger partial charge >= 0.3 is 0 Å². The number of rotatable bonds is 4. The van der Waals surface area contributed by atoms with Crippen molar-refractivity contribution in [2.75, 3.05) is 12.4 Å². The predicted octanol–water partition coefficient (Wildman–Crippen LogP) is 2.58. The molecule has 1 atom stereocenters. The summed E-state index contributed by atoms with van der Waals surface area (Å²) in [4.78, 5) is 19.2. The minimum Gasteiger partial charge on any atom is -0.378 e. The largest absolute Gasteiger partial charge is 0.378 e. The van der Waals surface area contributed by atoms with Crippen LogP contribution in [0.25, 0.3) is 10.9 Å². The van der Waals surface area contributed by atoms with Gasteiger partial charge in [-0.05, 0) is 31.4 Å². The maximum atomic E-state index is 11.9. The summed E-state index contributed by atoms with van der Waals surface area (Å²) in [6.45, 7) is 0.889. The molecule has 1 N–H and O–H groups in total. The molecule has 3 rings (SSSR count). The molecule has 2 aromatic rings. The molecule has 0 unspecified atom stereocenters. The molecule has 1 aliphatic heterocycles. The van der Waals surface area contributed by atoms with E-state index < -0.39 is 0 Å². The van der Waals surface area contributed by atoms with Crippen molar-refractivity contribution in [2.45, 2.75) is 30.5 Å². The van der Waals surface area contributed by atoms with Crippen LogP contribution in [0.3, 0.4) is 0 Å². The standard InChI is InChI=1S/C14H16N2O2S/c17-13-11-5-1-2-6-12(11)15-14(16-13)19-9-7-10-4-3-8-18-10/h1-2,5-6,10H,3-4,7-9H2,(H,15,16,17)/t10-/m1/s1. The quantitative estimate of drug-likeness (QED) is 0.689. The normalized spacial score (nSPS) is 19.1. The first-order valence-electron chi connectivity index (χ1n) is 6.56. The molecule has 0 radical (unpaired) electrons. The van der Waals surface area contributed by atoms with Crippen LogP contribution in [-0.4, -0.2) is 28.4 Å². The van der Waals surface area contributed by atoms with Crippen LogP contribution in [-0.2, 0) is 4.74 Å². The number of benzene rings is 1. The lowest BCUT2D eigenvalue weighted by Gasteiger charge is -2.08. The fourth-order valence-electron chi connectivity index (χ4n) is 2.29. The van der Waals surface area contributed by atoms with Gasteiger partial charge in [-0.1, -0.05) is 23.9 Å². The Bertz CT molecular complexity index is 620. The van der Waals surface area contributed by atoms with Gasteiger partial charge in [-0.2, -0.15) is 0 Å². The van der Waals surface area contributed by atoms with Crippen molar-refractivity contribution >= 4 is 22.7 Å². The molecule has 2 heterocycles. The van der Waals surface area contributed by atoms with Crippen LogP contribution in [0, 0.1) is 0 Å². The molecule has 0 saturated carbocycles. The predicted molar refractivity (Wildman–Crippen MR) is 76.7 cm³/mol. The smallest absolute Gasteiger partial charge is 0.259 e. The Morgan fingerprint density at radius 3 is 3.16 bits per heavy atom. The summed E-state index contributed by atoms with van der Waals surface area (Å²) in [6, 6.07) is 7.41. The third-order valence-electron chi connectivity index (χ3n) is 3.29. The van der Waals surface area contributed by atoms with Gasteiger partial charge in [0.2, 0.25) is 0 Å². The summed E-state index contributed by atoms with van der Waals surface area (Å²) in [5, 5.41) is 1.34. The van der Waals surface area contributed by atoms with Gasteiger partial charge in [0.05, 0.1) is 17.0 Å². The second-order valence-corrected chi connectivity index (χ2v) is 5.74. The van der Waals surface area contributed by atoms with Crippen LogP contribution >= 0.6 is 11.8 Å². The zero-order valence-electron chi connectivity index (χ0n) is 10.6. The van der Waals surface area contributed by atoms with Crippen LogP contribution in [0.4, 0.5) is 0 Å². The topological polar surface area (TPSA) is 55.0 Å². The number of para-hydroxylation sites is 1. The van der Waals surface area contributed by atoms with E-state index in [2.05, 4.69) is 9.97 Å². The van der Waals surface area contributed by atoms with Crippen LogP contribution in [0.5, 0.6) is 0 Å². The number of H-pyrrole nitrogens is 1. The van der Waals surface area contributed by atoms with Crippen molar-refractivity contribution in [1.82, 2.24) is 9.97 Å². The Hall–Kier alpha value is -1.33. The highest BCUT2D eigenvalue weighted by Crippen LogP contribution is 2.21. The Morgan fingerprint density at radius 2 is 2.32 bits per heavy atom. The first-order valence-corrected chi connectivity index (χ1v) is 7.55. The van der Waals surface area contributed by atoms with E-state index in [9.17, 15) is 4.79 Å². The van der Waals surface area contributed by atoms with Crippen LogP contribution in [0.1, 0.15) is 19.3 Å². The molecule has 1 saturated heterocycles. The molecular formula is C14H16N2O2S. The second-order valence-electron chi connectivity index (χ2n) is 4.66. The highest BCUT2D eigenvalue weighted by atomic mass is 32.2. The fraction of sp³-hybridized carbons (Fsp3) is 0.429. The number of aromatic nitrogens is 2. The van der Waals surface area contributed by atoms with Gasteiger partial charge < -0.3 is 9.72 Å². The average Bonchev–Trinajstić information content (AvgIpc) is 2.92. The SMILES string of the molecule is O=c1[nH]c(SCC[C@H]2CCCO2)nc2ccccc12. The number of hydrogen-bond acceptors (Lipinski definition) is 4. The molecule has 19 heavy (non-hydrogen) atoms.